The Labute approximate surface area is 122 Å². The van der Waals surface area contributed by atoms with Crippen molar-refractivity contribution in [2.75, 3.05) is 14.1 Å². The van der Waals surface area contributed by atoms with Gasteiger partial charge in [0.05, 0.1) is 12.9 Å². The zero-order valence-corrected chi connectivity index (χ0v) is 12.4. The third kappa shape index (κ3) is 3.47. The number of rotatable bonds is 4. The molecule has 0 N–H and O–H groups in total. The average molecular weight is 286 g/mol. The highest BCUT2D eigenvalue weighted by atomic mass is 16.2. The first-order valence-electron chi connectivity index (χ1n) is 6.54. The first-order chi connectivity index (χ1) is 9.99. The van der Waals surface area contributed by atoms with Crippen LogP contribution in [0.3, 0.4) is 0 Å². The number of aromatic nitrogens is 2. The van der Waals surface area contributed by atoms with Gasteiger partial charge < -0.3 is 4.90 Å². The van der Waals surface area contributed by atoms with E-state index in [2.05, 4.69) is 4.99 Å². The van der Waals surface area contributed by atoms with Crippen LogP contribution in [-0.2, 0) is 13.6 Å². The van der Waals surface area contributed by atoms with E-state index in [1.807, 2.05) is 44.4 Å². The van der Waals surface area contributed by atoms with Gasteiger partial charge in [-0.05, 0) is 5.56 Å². The van der Waals surface area contributed by atoms with Gasteiger partial charge in [0.25, 0.3) is 5.56 Å². The third-order valence-electron chi connectivity index (χ3n) is 2.98. The highest BCUT2D eigenvalue weighted by Crippen LogP contribution is 2.09. The highest BCUT2D eigenvalue weighted by molar-refractivity contribution is 5.59. The molecular weight excluding hydrogens is 268 g/mol. The molecule has 0 bridgehead atoms. The Hall–Kier alpha value is -2.63. The normalized spacial score (nSPS) is 11.0. The molecule has 0 aliphatic rings. The van der Waals surface area contributed by atoms with Crippen molar-refractivity contribution in [1.29, 1.82) is 0 Å². The molecule has 0 saturated carbocycles. The van der Waals surface area contributed by atoms with Crippen molar-refractivity contribution in [3.8, 4) is 0 Å². The van der Waals surface area contributed by atoms with E-state index in [1.165, 1.54) is 17.7 Å². The Kier molecular flexibility index (Phi) is 4.37. The van der Waals surface area contributed by atoms with Crippen LogP contribution in [0, 0.1) is 0 Å². The number of hydrogen-bond acceptors (Lipinski definition) is 3. The van der Waals surface area contributed by atoms with Crippen molar-refractivity contribution in [1.82, 2.24) is 14.0 Å². The fourth-order valence-corrected chi connectivity index (χ4v) is 1.85. The van der Waals surface area contributed by atoms with Crippen LogP contribution in [0.25, 0.3) is 0 Å². The lowest BCUT2D eigenvalue weighted by Gasteiger charge is -2.11. The van der Waals surface area contributed by atoms with Gasteiger partial charge >= 0.3 is 5.69 Å². The van der Waals surface area contributed by atoms with E-state index in [0.29, 0.717) is 12.4 Å². The maximum absolute atomic E-state index is 12.3. The van der Waals surface area contributed by atoms with Crippen molar-refractivity contribution >= 4 is 12.2 Å². The lowest BCUT2D eigenvalue weighted by molar-refractivity contribution is 0.632. The van der Waals surface area contributed by atoms with Crippen molar-refractivity contribution in [3.63, 3.8) is 0 Å². The largest absolute Gasteiger partial charge is 0.369 e. The van der Waals surface area contributed by atoms with Crippen LogP contribution in [-0.4, -0.2) is 34.5 Å². The molecular formula is C15H18N4O2. The number of hydrogen-bond donors (Lipinski definition) is 0. The van der Waals surface area contributed by atoms with E-state index in [9.17, 15) is 9.59 Å². The van der Waals surface area contributed by atoms with Gasteiger partial charge in [-0.25, -0.2) is 9.79 Å². The SMILES string of the molecule is CN(C)C=Nc1cc(=O)n(C)c(=O)n1Cc1ccccc1. The Morgan fingerprint density at radius 3 is 2.48 bits per heavy atom. The fraction of sp³-hybridized carbons (Fsp3) is 0.267. The molecule has 0 fully saturated rings. The van der Waals surface area contributed by atoms with Crippen LogP contribution in [0.15, 0.2) is 51.0 Å². The minimum Gasteiger partial charge on any atom is -0.369 e. The molecule has 2 rings (SSSR count). The molecule has 0 radical (unpaired) electrons. The summed E-state index contributed by atoms with van der Waals surface area (Å²) in [7, 11) is 5.11. The summed E-state index contributed by atoms with van der Waals surface area (Å²) in [6, 6.07) is 11.0. The Bertz CT molecular complexity index is 757. The summed E-state index contributed by atoms with van der Waals surface area (Å²) in [5.41, 5.74) is 0.229. The van der Waals surface area contributed by atoms with Crippen LogP contribution in [0.2, 0.25) is 0 Å². The van der Waals surface area contributed by atoms with Crippen molar-refractivity contribution in [2.24, 2.45) is 12.0 Å². The molecule has 1 aromatic heterocycles. The topological polar surface area (TPSA) is 59.6 Å². The lowest BCUT2D eigenvalue weighted by atomic mass is 10.2. The molecule has 2 aromatic rings. The van der Waals surface area contributed by atoms with E-state index in [0.717, 1.165) is 10.1 Å². The molecule has 0 spiro atoms. The molecule has 0 aliphatic carbocycles. The summed E-state index contributed by atoms with van der Waals surface area (Å²) in [6.45, 7) is 0.369. The molecule has 0 aliphatic heterocycles. The maximum Gasteiger partial charge on any atom is 0.332 e. The minimum absolute atomic E-state index is 0.348. The van der Waals surface area contributed by atoms with Crippen LogP contribution in [0.4, 0.5) is 5.82 Å². The quantitative estimate of drug-likeness (QED) is 0.617. The van der Waals surface area contributed by atoms with E-state index in [1.54, 1.807) is 11.2 Å². The second-order valence-electron chi connectivity index (χ2n) is 4.96. The Morgan fingerprint density at radius 2 is 1.86 bits per heavy atom. The predicted octanol–water partition coefficient (Wildman–Crippen LogP) is 0.817. The summed E-state index contributed by atoms with van der Waals surface area (Å²) in [4.78, 5) is 30.0. The molecule has 6 nitrogen and oxygen atoms in total. The van der Waals surface area contributed by atoms with Crippen LogP contribution in [0.1, 0.15) is 5.56 Å². The van der Waals surface area contributed by atoms with Crippen LogP contribution < -0.4 is 11.2 Å². The van der Waals surface area contributed by atoms with Gasteiger partial charge in [0, 0.05) is 27.2 Å². The van der Waals surface area contributed by atoms with Gasteiger partial charge in [0.2, 0.25) is 0 Å². The summed E-state index contributed by atoms with van der Waals surface area (Å²) in [5, 5.41) is 0. The predicted molar refractivity (Wildman–Crippen MR) is 83.3 cm³/mol. The molecule has 6 heteroatoms. The first-order valence-corrected chi connectivity index (χ1v) is 6.54. The molecule has 1 aromatic carbocycles. The molecule has 0 amide bonds. The highest BCUT2D eigenvalue weighted by Gasteiger charge is 2.08. The van der Waals surface area contributed by atoms with Crippen molar-refractivity contribution in [3.05, 3.63) is 62.8 Å². The molecule has 0 unspecified atom stereocenters. The van der Waals surface area contributed by atoms with Crippen molar-refractivity contribution < 1.29 is 0 Å². The van der Waals surface area contributed by atoms with Crippen LogP contribution in [0.5, 0.6) is 0 Å². The smallest absolute Gasteiger partial charge is 0.332 e. The van der Waals surface area contributed by atoms with E-state index < -0.39 is 0 Å². The second kappa shape index (κ2) is 6.21. The second-order valence-corrected chi connectivity index (χ2v) is 4.96. The van der Waals surface area contributed by atoms with Crippen molar-refractivity contribution in [2.45, 2.75) is 6.54 Å². The standard InChI is InChI=1S/C15H18N4O2/c1-17(2)11-16-13-9-14(20)18(3)15(21)19(13)10-12-7-5-4-6-8-12/h4-9,11H,10H2,1-3H3. The molecule has 110 valence electrons. The summed E-state index contributed by atoms with van der Waals surface area (Å²) >= 11 is 0. The average Bonchev–Trinajstić information content (AvgIpc) is 2.47. The van der Waals surface area contributed by atoms with E-state index >= 15 is 0 Å². The van der Waals surface area contributed by atoms with Gasteiger partial charge in [-0.2, -0.15) is 0 Å². The minimum atomic E-state index is -0.378. The fourth-order valence-electron chi connectivity index (χ4n) is 1.85. The number of benzene rings is 1. The molecule has 21 heavy (non-hydrogen) atoms. The Morgan fingerprint density at radius 1 is 1.19 bits per heavy atom. The van der Waals surface area contributed by atoms with E-state index in [-0.39, 0.29) is 11.2 Å². The van der Waals surface area contributed by atoms with Gasteiger partial charge in [-0.3, -0.25) is 13.9 Å². The third-order valence-corrected chi connectivity index (χ3v) is 2.98. The van der Waals surface area contributed by atoms with Gasteiger partial charge in [0.15, 0.2) is 0 Å². The zero-order valence-electron chi connectivity index (χ0n) is 12.4. The molecule has 0 atom stereocenters. The molecule has 1 heterocycles. The zero-order chi connectivity index (χ0) is 15.4. The number of nitrogens with zero attached hydrogens (tertiary/aromatic N) is 4. The van der Waals surface area contributed by atoms with Gasteiger partial charge in [-0.1, -0.05) is 30.3 Å². The summed E-state index contributed by atoms with van der Waals surface area (Å²) in [5.74, 6) is 0.348. The molecule has 0 saturated heterocycles. The lowest BCUT2D eigenvalue weighted by Crippen LogP contribution is -2.37. The van der Waals surface area contributed by atoms with Crippen LogP contribution >= 0.6 is 0 Å². The van der Waals surface area contributed by atoms with Gasteiger partial charge in [0.1, 0.15) is 5.82 Å². The Balaban J connectivity index is 2.54. The summed E-state index contributed by atoms with van der Waals surface area (Å²) in [6.07, 6.45) is 1.57. The number of aliphatic imine (C=N–C) groups is 1. The first kappa shape index (κ1) is 14.8. The monoisotopic (exact) mass is 286 g/mol. The maximum atomic E-state index is 12.3. The van der Waals surface area contributed by atoms with Gasteiger partial charge in [-0.15, -0.1) is 0 Å². The summed E-state index contributed by atoms with van der Waals surface area (Å²) < 4.78 is 2.56. The van der Waals surface area contributed by atoms with E-state index in [4.69, 9.17) is 0 Å².